The van der Waals surface area contributed by atoms with Crippen molar-refractivity contribution in [2.75, 3.05) is 6.61 Å². The van der Waals surface area contributed by atoms with Crippen molar-refractivity contribution in [3.05, 3.63) is 59.7 Å². The molecule has 34 heavy (non-hydrogen) atoms. The van der Waals surface area contributed by atoms with Gasteiger partial charge < -0.3 is 14.8 Å². The zero-order valence-electron chi connectivity index (χ0n) is 20.3. The number of amides is 1. The van der Waals surface area contributed by atoms with Gasteiger partial charge in [0.1, 0.15) is 11.5 Å². The molecule has 1 N–H and O–H groups in total. The highest BCUT2D eigenvalue weighted by Crippen LogP contribution is 2.25. The Balaban J connectivity index is 1.97. The van der Waals surface area contributed by atoms with E-state index in [-0.39, 0.29) is 42.9 Å². The molecule has 2 rings (SSSR count). The predicted molar refractivity (Wildman–Crippen MR) is 129 cm³/mol. The summed E-state index contributed by atoms with van der Waals surface area (Å²) in [6.45, 7) is 6.96. The van der Waals surface area contributed by atoms with Crippen LogP contribution in [0.5, 0.6) is 11.5 Å². The highest BCUT2D eigenvalue weighted by atomic mass is 16.5. The van der Waals surface area contributed by atoms with Crippen LogP contribution in [0.1, 0.15) is 80.5 Å². The maximum Gasteiger partial charge on any atom is 0.306 e. The number of nitrogens with one attached hydrogen (secondary N) is 1. The van der Waals surface area contributed by atoms with Gasteiger partial charge in [-0.2, -0.15) is 0 Å². The number of benzene rings is 2. The highest BCUT2D eigenvalue weighted by Gasteiger charge is 2.30. The molecule has 0 fully saturated rings. The van der Waals surface area contributed by atoms with Crippen LogP contribution in [0.2, 0.25) is 0 Å². The maximum atomic E-state index is 12.8. The number of hydrogen-bond donors (Lipinski definition) is 1. The second kappa shape index (κ2) is 12.7. The van der Waals surface area contributed by atoms with E-state index < -0.39 is 5.54 Å². The molecule has 0 aromatic heterocycles. The molecule has 0 heterocycles. The monoisotopic (exact) mass is 467 g/mol. The number of hydrogen-bond acceptors (Lipinski definition) is 6. The SMILES string of the molecule is CCCC(=O)OCC(=O)c1ccc(Oc2ccc(C(=O)CC(CC)(CC)NC(C)=O)cc2)cc1. The van der Waals surface area contributed by atoms with Gasteiger partial charge in [-0.25, -0.2) is 0 Å². The van der Waals surface area contributed by atoms with Gasteiger partial charge in [0.2, 0.25) is 5.91 Å². The average Bonchev–Trinajstić information content (AvgIpc) is 2.82. The summed E-state index contributed by atoms with van der Waals surface area (Å²) in [4.78, 5) is 47.9. The van der Waals surface area contributed by atoms with Gasteiger partial charge in [-0.05, 0) is 67.8 Å². The Morgan fingerprint density at radius 2 is 1.29 bits per heavy atom. The van der Waals surface area contributed by atoms with E-state index in [1.54, 1.807) is 48.5 Å². The largest absolute Gasteiger partial charge is 0.457 e. The van der Waals surface area contributed by atoms with Crippen LogP contribution in [-0.2, 0) is 14.3 Å². The minimum atomic E-state index is -0.550. The van der Waals surface area contributed by atoms with Crippen molar-refractivity contribution in [2.24, 2.45) is 0 Å². The lowest BCUT2D eigenvalue weighted by molar-refractivity contribution is -0.142. The molecule has 2 aromatic rings. The molecule has 182 valence electrons. The van der Waals surface area contributed by atoms with Crippen LogP contribution < -0.4 is 10.1 Å². The van der Waals surface area contributed by atoms with E-state index in [9.17, 15) is 19.2 Å². The Labute approximate surface area is 200 Å². The Morgan fingerprint density at radius 3 is 1.74 bits per heavy atom. The van der Waals surface area contributed by atoms with E-state index in [4.69, 9.17) is 9.47 Å². The summed E-state index contributed by atoms with van der Waals surface area (Å²) in [6.07, 6.45) is 2.51. The Kier molecular flexibility index (Phi) is 9.98. The highest BCUT2D eigenvalue weighted by molar-refractivity contribution is 5.98. The van der Waals surface area contributed by atoms with Gasteiger partial charge in [-0.15, -0.1) is 0 Å². The molecule has 0 bridgehead atoms. The van der Waals surface area contributed by atoms with Crippen LogP contribution in [0, 0.1) is 0 Å². The second-order valence-electron chi connectivity index (χ2n) is 8.25. The van der Waals surface area contributed by atoms with Gasteiger partial charge in [0.25, 0.3) is 0 Å². The number of carbonyl (C=O) groups is 4. The summed E-state index contributed by atoms with van der Waals surface area (Å²) in [6, 6.07) is 13.3. The van der Waals surface area contributed by atoms with E-state index in [1.165, 1.54) is 6.92 Å². The van der Waals surface area contributed by atoms with Crippen molar-refractivity contribution in [1.29, 1.82) is 0 Å². The normalized spacial score (nSPS) is 10.9. The molecule has 2 aromatic carbocycles. The predicted octanol–water partition coefficient (Wildman–Crippen LogP) is 5.27. The van der Waals surface area contributed by atoms with Gasteiger partial charge in [-0.3, -0.25) is 19.2 Å². The molecular formula is C27H33NO6. The summed E-state index contributed by atoms with van der Waals surface area (Å²) < 4.78 is 10.8. The molecule has 0 saturated heterocycles. The second-order valence-corrected chi connectivity index (χ2v) is 8.25. The molecular weight excluding hydrogens is 434 g/mol. The molecule has 0 spiro atoms. The Morgan fingerprint density at radius 1 is 0.794 bits per heavy atom. The first-order chi connectivity index (χ1) is 16.2. The molecule has 7 nitrogen and oxygen atoms in total. The third-order valence-corrected chi connectivity index (χ3v) is 5.70. The van der Waals surface area contributed by atoms with Crippen LogP contribution in [0.25, 0.3) is 0 Å². The zero-order chi connectivity index (χ0) is 25.1. The van der Waals surface area contributed by atoms with Crippen molar-refractivity contribution in [3.8, 4) is 11.5 Å². The molecule has 0 aliphatic heterocycles. The van der Waals surface area contributed by atoms with Crippen molar-refractivity contribution in [2.45, 2.75) is 65.3 Å². The smallest absolute Gasteiger partial charge is 0.306 e. The fourth-order valence-corrected chi connectivity index (χ4v) is 3.56. The number of esters is 1. The molecule has 7 heteroatoms. The minimum Gasteiger partial charge on any atom is -0.457 e. The van der Waals surface area contributed by atoms with Gasteiger partial charge in [0.15, 0.2) is 18.2 Å². The average molecular weight is 468 g/mol. The lowest BCUT2D eigenvalue weighted by atomic mass is 9.85. The lowest BCUT2D eigenvalue weighted by Crippen LogP contribution is -2.48. The van der Waals surface area contributed by atoms with Gasteiger partial charge >= 0.3 is 5.97 Å². The fraction of sp³-hybridized carbons (Fsp3) is 0.407. The first-order valence-corrected chi connectivity index (χ1v) is 11.6. The van der Waals surface area contributed by atoms with Crippen molar-refractivity contribution < 1.29 is 28.7 Å². The third kappa shape index (κ3) is 7.83. The number of carbonyl (C=O) groups excluding carboxylic acids is 4. The summed E-state index contributed by atoms with van der Waals surface area (Å²) in [7, 11) is 0. The van der Waals surface area contributed by atoms with Crippen LogP contribution in [0.15, 0.2) is 48.5 Å². The lowest BCUT2D eigenvalue weighted by Gasteiger charge is -2.32. The topological polar surface area (TPSA) is 98.8 Å². The third-order valence-electron chi connectivity index (χ3n) is 5.70. The summed E-state index contributed by atoms with van der Waals surface area (Å²) in [5, 5.41) is 2.94. The summed E-state index contributed by atoms with van der Waals surface area (Å²) in [5.41, 5.74) is 0.417. The molecule has 0 radical (unpaired) electrons. The molecule has 0 atom stereocenters. The van der Waals surface area contributed by atoms with Crippen molar-refractivity contribution in [1.82, 2.24) is 5.32 Å². The number of Topliss-reactive ketones (excluding diaryl/α,β-unsaturated/α-hetero) is 2. The maximum absolute atomic E-state index is 12.8. The minimum absolute atomic E-state index is 0.0495. The number of rotatable bonds is 13. The number of ether oxygens (including phenoxy) is 2. The molecule has 0 saturated carbocycles. The molecule has 0 aliphatic carbocycles. The first kappa shape index (κ1) is 26.8. The van der Waals surface area contributed by atoms with Crippen LogP contribution >= 0.6 is 0 Å². The zero-order valence-corrected chi connectivity index (χ0v) is 20.3. The van der Waals surface area contributed by atoms with E-state index in [1.807, 2.05) is 20.8 Å². The van der Waals surface area contributed by atoms with E-state index in [0.29, 0.717) is 41.9 Å². The van der Waals surface area contributed by atoms with Gasteiger partial charge in [-0.1, -0.05) is 20.8 Å². The van der Waals surface area contributed by atoms with E-state index in [2.05, 4.69) is 5.32 Å². The van der Waals surface area contributed by atoms with Gasteiger partial charge in [0, 0.05) is 36.4 Å². The Bertz CT molecular complexity index is 991. The molecule has 0 aliphatic rings. The van der Waals surface area contributed by atoms with Crippen LogP contribution in [-0.4, -0.2) is 35.6 Å². The van der Waals surface area contributed by atoms with Crippen LogP contribution in [0.4, 0.5) is 0 Å². The number of ketones is 2. The van der Waals surface area contributed by atoms with Gasteiger partial charge in [0.05, 0.1) is 0 Å². The summed E-state index contributed by atoms with van der Waals surface area (Å²) >= 11 is 0. The Hall–Kier alpha value is -3.48. The van der Waals surface area contributed by atoms with E-state index >= 15 is 0 Å². The van der Waals surface area contributed by atoms with Crippen LogP contribution in [0.3, 0.4) is 0 Å². The van der Waals surface area contributed by atoms with Crippen molar-refractivity contribution in [3.63, 3.8) is 0 Å². The standard InChI is InChI=1S/C27H33NO6/c1-5-8-26(32)33-18-25(31)21-11-15-23(16-12-21)34-22-13-9-20(10-14-22)24(30)17-27(6-2,7-3)28-19(4)29/h9-16H,5-8,17-18H2,1-4H3,(H,28,29). The fourth-order valence-electron chi connectivity index (χ4n) is 3.56. The molecule has 0 unspecified atom stereocenters. The first-order valence-electron chi connectivity index (χ1n) is 11.6. The quantitative estimate of drug-likeness (QED) is 0.318. The summed E-state index contributed by atoms with van der Waals surface area (Å²) in [5.74, 6) is 0.205. The molecule has 1 amide bonds. The van der Waals surface area contributed by atoms with Crippen molar-refractivity contribution >= 4 is 23.4 Å². The van der Waals surface area contributed by atoms with E-state index in [0.717, 1.165) is 0 Å².